The van der Waals surface area contributed by atoms with E-state index in [2.05, 4.69) is 29.8 Å². The highest BCUT2D eigenvalue weighted by Crippen LogP contribution is 2.66. The molecule has 70 valence electrons. The third-order valence-electron chi connectivity index (χ3n) is 4.74. The van der Waals surface area contributed by atoms with Crippen LogP contribution < -0.4 is 0 Å². The second-order valence-electron chi connectivity index (χ2n) is 4.96. The van der Waals surface area contributed by atoms with Crippen molar-refractivity contribution in [3.63, 3.8) is 0 Å². The van der Waals surface area contributed by atoms with E-state index in [0.717, 1.165) is 17.7 Å². The minimum absolute atomic E-state index is 0.0567. The molecule has 0 radical (unpaired) electrons. The van der Waals surface area contributed by atoms with Crippen molar-refractivity contribution in [1.29, 1.82) is 0 Å². The molecule has 2 rings (SSSR count). The molecule has 0 aromatic heterocycles. The van der Waals surface area contributed by atoms with E-state index in [4.69, 9.17) is 0 Å². The maximum atomic E-state index is 9.92. The molecule has 2 aliphatic rings. The van der Waals surface area contributed by atoms with Gasteiger partial charge in [-0.25, -0.2) is 0 Å². The van der Waals surface area contributed by atoms with Crippen LogP contribution in [-0.4, -0.2) is 16.5 Å². The summed E-state index contributed by atoms with van der Waals surface area (Å²) in [6.45, 7) is 4.58. The first kappa shape index (κ1) is 9.01. The van der Waals surface area contributed by atoms with Crippen LogP contribution in [-0.2, 0) is 0 Å². The van der Waals surface area contributed by atoms with Gasteiger partial charge < -0.3 is 5.11 Å². The third kappa shape index (κ3) is 0.784. The molecule has 0 aromatic rings. The molecule has 1 nitrogen and oxygen atoms in total. The van der Waals surface area contributed by atoms with Crippen LogP contribution >= 0.6 is 15.9 Å². The highest BCUT2D eigenvalue weighted by atomic mass is 79.9. The van der Waals surface area contributed by atoms with Gasteiger partial charge in [0.15, 0.2) is 0 Å². The van der Waals surface area contributed by atoms with Gasteiger partial charge in [-0.3, -0.25) is 0 Å². The molecule has 2 fully saturated rings. The summed E-state index contributed by atoms with van der Waals surface area (Å²) in [5, 5.41) is 11.0. The standard InChI is InChI=1S/C10H17BrO/c1-9-4-3-7(5-8(9)12)10(9,2)6-11/h7-8,12H,3-6H2,1-2H3/t7-,8+,9+,10-/m0/s1. The summed E-state index contributed by atoms with van der Waals surface area (Å²) in [7, 11) is 0. The van der Waals surface area contributed by atoms with E-state index in [9.17, 15) is 5.11 Å². The number of rotatable bonds is 1. The van der Waals surface area contributed by atoms with E-state index in [1.165, 1.54) is 12.8 Å². The van der Waals surface area contributed by atoms with E-state index < -0.39 is 0 Å². The number of hydrogen-bond donors (Lipinski definition) is 1. The minimum Gasteiger partial charge on any atom is -0.393 e. The van der Waals surface area contributed by atoms with Crippen molar-refractivity contribution in [2.24, 2.45) is 16.7 Å². The zero-order valence-electron chi connectivity index (χ0n) is 7.81. The zero-order chi connectivity index (χ0) is 8.98. The summed E-state index contributed by atoms with van der Waals surface area (Å²) in [6.07, 6.45) is 3.49. The fraction of sp³-hybridized carbons (Fsp3) is 1.00. The molecule has 0 spiro atoms. The van der Waals surface area contributed by atoms with Gasteiger partial charge in [0.05, 0.1) is 6.10 Å². The highest BCUT2D eigenvalue weighted by Gasteiger charge is 2.62. The second-order valence-corrected chi connectivity index (χ2v) is 5.52. The first-order valence-electron chi connectivity index (χ1n) is 4.78. The number of fused-ring (bicyclic) bond motifs is 2. The van der Waals surface area contributed by atoms with Crippen LogP contribution in [0.3, 0.4) is 0 Å². The number of hydrogen-bond acceptors (Lipinski definition) is 1. The molecule has 1 N–H and O–H groups in total. The maximum Gasteiger partial charge on any atom is 0.0602 e. The summed E-state index contributed by atoms with van der Waals surface area (Å²) in [5.41, 5.74) is 0.521. The van der Waals surface area contributed by atoms with Gasteiger partial charge in [-0.05, 0) is 36.0 Å². The molecule has 0 unspecified atom stereocenters. The van der Waals surface area contributed by atoms with Gasteiger partial charge in [-0.2, -0.15) is 0 Å². The second kappa shape index (κ2) is 2.48. The van der Waals surface area contributed by atoms with E-state index in [-0.39, 0.29) is 11.5 Å². The van der Waals surface area contributed by atoms with Crippen LogP contribution in [0.5, 0.6) is 0 Å². The Morgan fingerprint density at radius 3 is 2.42 bits per heavy atom. The normalized spacial score (nSPS) is 58.0. The fourth-order valence-corrected chi connectivity index (χ4v) is 4.36. The van der Waals surface area contributed by atoms with Gasteiger partial charge in [-0.15, -0.1) is 0 Å². The summed E-state index contributed by atoms with van der Waals surface area (Å²) in [4.78, 5) is 0. The zero-order valence-corrected chi connectivity index (χ0v) is 9.39. The number of halogens is 1. The van der Waals surface area contributed by atoms with Gasteiger partial charge in [0, 0.05) is 5.33 Å². The van der Waals surface area contributed by atoms with Crippen LogP contribution in [0.1, 0.15) is 33.1 Å². The maximum absolute atomic E-state index is 9.92. The monoisotopic (exact) mass is 232 g/mol. The Hall–Kier alpha value is 0.440. The molecule has 2 saturated carbocycles. The van der Waals surface area contributed by atoms with Crippen LogP contribution in [0.25, 0.3) is 0 Å². The Kier molecular flexibility index (Phi) is 1.86. The SMILES string of the molecule is C[C@]1(CBr)[C@H]2CC[C@]1(C)[C@H](O)C2. The lowest BCUT2D eigenvalue weighted by Crippen LogP contribution is -2.38. The van der Waals surface area contributed by atoms with Gasteiger partial charge >= 0.3 is 0 Å². The molecule has 0 heterocycles. The largest absolute Gasteiger partial charge is 0.393 e. The van der Waals surface area contributed by atoms with Crippen molar-refractivity contribution in [3.8, 4) is 0 Å². The first-order valence-corrected chi connectivity index (χ1v) is 5.91. The quantitative estimate of drug-likeness (QED) is 0.690. The Labute approximate surface area is 82.7 Å². The Balaban J connectivity index is 2.38. The Morgan fingerprint density at radius 2 is 2.17 bits per heavy atom. The van der Waals surface area contributed by atoms with Crippen molar-refractivity contribution in [1.82, 2.24) is 0 Å². The van der Waals surface area contributed by atoms with E-state index in [0.29, 0.717) is 5.41 Å². The Morgan fingerprint density at radius 1 is 1.50 bits per heavy atom. The fourth-order valence-electron chi connectivity index (χ4n) is 3.26. The molecule has 0 aromatic carbocycles. The molecular formula is C10H17BrO. The first-order chi connectivity index (χ1) is 5.54. The van der Waals surface area contributed by atoms with Crippen LogP contribution in [0.15, 0.2) is 0 Å². The molecular weight excluding hydrogens is 216 g/mol. The van der Waals surface area contributed by atoms with Crippen molar-refractivity contribution in [2.45, 2.75) is 39.2 Å². The molecule has 2 aliphatic carbocycles. The average Bonchev–Trinajstić information content (AvgIpc) is 2.39. The van der Waals surface area contributed by atoms with Gasteiger partial charge in [0.25, 0.3) is 0 Å². The molecule has 2 bridgehead atoms. The predicted octanol–water partition coefficient (Wildman–Crippen LogP) is 2.57. The van der Waals surface area contributed by atoms with Crippen molar-refractivity contribution >= 4 is 15.9 Å². The highest BCUT2D eigenvalue weighted by molar-refractivity contribution is 9.09. The number of alkyl halides is 1. The third-order valence-corrected chi connectivity index (χ3v) is 5.90. The summed E-state index contributed by atoms with van der Waals surface area (Å²) < 4.78 is 0. The van der Waals surface area contributed by atoms with Gasteiger partial charge in [-0.1, -0.05) is 29.8 Å². The van der Waals surface area contributed by atoms with Crippen molar-refractivity contribution in [3.05, 3.63) is 0 Å². The van der Waals surface area contributed by atoms with E-state index >= 15 is 0 Å². The van der Waals surface area contributed by atoms with Crippen molar-refractivity contribution < 1.29 is 5.11 Å². The minimum atomic E-state index is -0.0567. The van der Waals surface area contributed by atoms with E-state index in [1.807, 2.05) is 0 Å². The number of aliphatic hydroxyl groups is 1. The molecule has 0 saturated heterocycles. The topological polar surface area (TPSA) is 20.2 Å². The van der Waals surface area contributed by atoms with Gasteiger partial charge in [0.1, 0.15) is 0 Å². The molecule has 4 atom stereocenters. The number of aliphatic hydroxyl groups excluding tert-OH is 1. The molecule has 2 heteroatoms. The van der Waals surface area contributed by atoms with Gasteiger partial charge in [0.2, 0.25) is 0 Å². The summed E-state index contributed by atoms with van der Waals surface area (Å²) in [6, 6.07) is 0. The average molecular weight is 233 g/mol. The summed E-state index contributed by atoms with van der Waals surface area (Å²) >= 11 is 3.60. The Bertz CT molecular complexity index is 204. The van der Waals surface area contributed by atoms with E-state index in [1.54, 1.807) is 0 Å². The summed E-state index contributed by atoms with van der Waals surface area (Å²) in [5.74, 6) is 0.747. The van der Waals surface area contributed by atoms with Crippen molar-refractivity contribution in [2.75, 3.05) is 5.33 Å². The predicted molar refractivity (Wildman–Crippen MR) is 53.4 cm³/mol. The van der Waals surface area contributed by atoms with Crippen LogP contribution in [0.4, 0.5) is 0 Å². The lowest BCUT2D eigenvalue weighted by Gasteiger charge is -2.38. The molecule has 12 heavy (non-hydrogen) atoms. The smallest absolute Gasteiger partial charge is 0.0602 e. The lowest BCUT2D eigenvalue weighted by molar-refractivity contribution is 0.0148. The molecule has 0 aliphatic heterocycles. The molecule has 0 amide bonds. The van der Waals surface area contributed by atoms with Crippen LogP contribution in [0.2, 0.25) is 0 Å². The van der Waals surface area contributed by atoms with Crippen LogP contribution in [0, 0.1) is 16.7 Å². The lowest BCUT2D eigenvalue weighted by atomic mass is 9.70.